The van der Waals surface area contributed by atoms with Crippen LogP contribution in [0.4, 0.5) is 5.69 Å². The largest absolute Gasteiger partial charge is 0.356 e. The summed E-state index contributed by atoms with van der Waals surface area (Å²) in [6.07, 6.45) is 2.65. The van der Waals surface area contributed by atoms with E-state index in [1.807, 2.05) is 12.1 Å². The highest BCUT2D eigenvalue weighted by Gasteiger charge is 2.26. The second-order valence-electron chi connectivity index (χ2n) is 5.31. The van der Waals surface area contributed by atoms with Crippen LogP contribution in [0.5, 0.6) is 0 Å². The maximum atomic E-state index is 5.36. The van der Waals surface area contributed by atoms with Crippen LogP contribution in [0.2, 0.25) is 0 Å². The van der Waals surface area contributed by atoms with Crippen LogP contribution in [0, 0.1) is 6.92 Å². The Bertz CT molecular complexity index is 433. The van der Waals surface area contributed by atoms with E-state index in [-0.39, 0.29) is 0 Å². The average Bonchev–Trinajstić information content (AvgIpc) is 2.83. The lowest BCUT2D eigenvalue weighted by molar-refractivity contribution is -0.909. The molecular formula is C15H24N3S+. The summed E-state index contributed by atoms with van der Waals surface area (Å²) in [7, 11) is 0. The number of likely N-dealkylation sites (N-methyl/N-ethyl adjacent to an activating group) is 1. The van der Waals surface area contributed by atoms with Gasteiger partial charge in [0.05, 0.1) is 19.6 Å². The van der Waals surface area contributed by atoms with Gasteiger partial charge in [-0.3, -0.25) is 0 Å². The molecule has 1 fully saturated rings. The van der Waals surface area contributed by atoms with Gasteiger partial charge in [0, 0.05) is 18.5 Å². The molecule has 1 aromatic rings. The maximum absolute atomic E-state index is 5.36. The lowest BCUT2D eigenvalue weighted by atomic mass is 10.2. The molecule has 2 rings (SSSR count). The van der Waals surface area contributed by atoms with Crippen LogP contribution in [0.3, 0.4) is 0 Å². The molecule has 0 aliphatic carbocycles. The number of likely N-dealkylation sites (tertiary alicyclic amines) is 1. The summed E-state index contributed by atoms with van der Waals surface area (Å²) in [5.41, 5.74) is 2.30. The van der Waals surface area contributed by atoms with E-state index < -0.39 is 0 Å². The third-order valence-corrected chi connectivity index (χ3v) is 4.11. The second kappa shape index (κ2) is 6.87. The molecular weight excluding hydrogens is 254 g/mol. The van der Waals surface area contributed by atoms with Crippen molar-refractivity contribution in [2.45, 2.75) is 32.7 Å². The number of quaternary nitrogens is 1. The van der Waals surface area contributed by atoms with Crippen molar-refractivity contribution in [3.05, 3.63) is 29.8 Å². The number of rotatable bonds is 4. The van der Waals surface area contributed by atoms with Gasteiger partial charge in [0.2, 0.25) is 0 Å². The van der Waals surface area contributed by atoms with Crippen LogP contribution in [-0.2, 0) is 0 Å². The fraction of sp³-hybridized carbons (Fsp3) is 0.533. The number of aryl methyl sites for hydroxylation is 1. The minimum atomic E-state index is 0.710. The summed E-state index contributed by atoms with van der Waals surface area (Å²) in [5.74, 6) is 0. The molecule has 104 valence electrons. The molecule has 2 atom stereocenters. The Labute approximate surface area is 121 Å². The Morgan fingerprint density at radius 3 is 3.05 bits per heavy atom. The molecule has 0 radical (unpaired) electrons. The minimum Gasteiger partial charge on any atom is -0.356 e. The monoisotopic (exact) mass is 278 g/mol. The van der Waals surface area contributed by atoms with Gasteiger partial charge >= 0.3 is 0 Å². The highest BCUT2D eigenvalue weighted by Crippen LogP contribution is 2.09. The van der Waals surface area contributed by atoms with E-state index in [0.29, 0.717) is 6.04 Å². The molecule has 0 amide bonds. The molecule has 1 aromatic carbocycles. The molecule has 19 heavy (non-hydrogen) atoms. The lowest BCUT2D eigenvalue weighted by Gasteiger charge is -2.21. The third kappa shape index (κ3) is 4.18. The Kier molecular flexibility index (Phi) is 5.16. The van der Waals surface area contributed by atoms with Gasteiger partial charge in [-0.15, -0.1) is 0 Å². The Balaban J connectivity index is 1.78. The predicted octanol–water partition coefficient (Wildman–Crippen LogP) is 1.35. The van der Waals surface area contributed by atoms with Crippen LogP contribution in [0.15, 0.2) is 24.3 Å². The summed E-state index contributed by atoms with van der Waals surface area (Å²) in [4.78, 5) is 1.70. The van der Waals surface area contributed by atoms with Crippen LogP contribution < -0.4 is 15.5 Å². The zero-order valence-corrected chi connectivity index (χ0v) is 12.6. The molecule has 1 aliphatic rings. The number of hydrogen-bond donors (Lipinski definition) is 3. The molecule has 1 unspecified atom stereocenters. The van der Waals surface area contributed by atoms with Crippen LogP contribution in [0.25, 0.3) is 0 Å². The van der Waals surface area contributed by atoms with E-state index in [0.717, 1.165) is 17.3 Å². The van der Waals surface area contributed by atoms with E-state index >= 15 is 0 Å². The SMILES string of the molecule is CC[NH+]1CCC[C@H]1CNC(=S)Nc1cccc(C)c1. The number of thiocarbonyl (C=S) groups is 1. The predicted molar refractivity (Wildman–Crippen MR) is 84.8 cm³/mol. The average molecular weight is 278 g/mol. The van der Waals surface area contributed by atoms with Crippen LogP contribution >= 0.6 is 12.2 Å². The van der Waals surface area contributed by atoms with Crippen LogP contribution in [0.1, 0.15) is 25.3 Å². The molecule has 0 bridgehead atoms. The fourth-order valence-electron chi connectivity index (χ4n) is 2.81. The maximum Gasteiger partial charge on any atom is 0.170 e. The molecule has 4 heteroatoms. The lowest BCUT2D eigenvalue weighted by Crippen LogP contribution is -3.14. The summed E-state index contributed by atoms with van der Waals surface area (Å²) < 4.78 is 0. The topological polar surface area (TPSA) is 28.5 Å². The first-order chi connectivity index (χ1) is 9.19. The second-order valence-corrected chi connectivity index (χ2v) is 5.71. The van der Waals surface area contributed by atoms with Gasteiger partial charge in [-0.2, -0.15) is 0 Å². The summed E-state index contributed by atoms with van der Waals surface area (Å²) >= 11 is 5.36. The summed E-state index contributed by atoms with van der Waals surface area (Å²) in [6, 6.07) is 8.98. The number of nitrogens with one attached hydrogen (secondary N) is 3. The highest BCUT2D eigenvalue weighted by molar-refractivity contribution is 7.80. The highest BCUT2D eigenvalue weighted by atomic mass is 32.1. The number of hydrogen-bond acceptors (Lipinski definition) is 1. The number of anilines is 1. The van der Waals surface area contributed by atoms with Gasteiger partial charge in [-0.25, -0.2) is 0 Å². The molecule has 1 saturated heterocycles. The van der Waals surface area contributed by atoms with Crippen molar-refractivity contribution in [3.8, 4) is 0 Å². The molecule has 3 nitrogen and oxygen atoms in total. The van der Waals surface area contributed by atoms with Crippen molar-refractivity contribution >= 4 is 23.0 Å². The van der Waals surface area contributed by atoms with Gasteiger partial charge in [-0.1, -0.05) is 12.1 Å². The Morgan fingerprint density at radius 1 is 1.47 bits per heavy atom. The first kappa shape index (κ1) is 14.3. The molecule has 1 aliphatic heterocycles. The standard InChI is InChI=1S/C15H23N3S/c1-3-18-9-5-8-14(18)11-16-15(19)17-13-7-4-6-12(2)10-13/h4,6-7,10,14H,3,5,8-9,11H2,1-2H3,(H2,16,17,19)/p+1/t14-/m0/s1. The van der Waals surface area contributed by atoms with E-state index in [1.165, 1.54) is 31.5 Å². The van der Waals surface area contributed by atoms with Gasteiger partial charge < -0.3 is 15.5 Å². The quantitative estimate of drug-likeness (QED) is 0.726. The van der Waals surface area contributed by atoms with Gasteiger partial charge in [0.25, 0.3) is 0 Å². The Hall–Kier alpha value is -1.13. The van der Waals surface area contributed by atoms with E-state index in [4.69, 9.17) is 12.2 Å². The summed E-state index contributed by atoms with van der Waals surface area (Å²) in [5, 5.41) is 7.34. The van der Waals surface area contributed by atoms with E-state index in [9.17, 15) is 0 Å². The summed E-state index contributed by atoms with van der Waals surface area (Å²) in [6.45, 7) is 7.84. The van der Waals surface area contributed by atoms with E-state index in [1.54, 1.807) is 4.90 Å². The van der Waals surface area contributed by atoms with Crippen molar-refractivity contribution in [2.75, 3.05) is 25.0 Å². The van der Waals surface area contributed by atoms with E-state index in [2.05, 4.69) is 36.6 Å². The first-order valence-electron chi connectivity index (χ1n) is 7.15. The third-order valence-electron chi connectivity index (χ3n) is 3.87. The number of benzene rings is 1. The van der Waals surface area contributed by atoms with Gasteiger partial charge in [-0.05, 0) is 43.8 Å². The van der Waals surface area contributed by atoms with Gasteiger partial charge in [0.15, 0.2) is 5.11 Å². The molecule has 1 heterocycles. The molecule has 3 N–H and O–H groups in total. The molecule has 0 spiro atoms. The smallest absolute Gasteiger partial charge is 0.170 e. The fourth-order valence-corrected chi connectivity index (χ4v) is 3.01. The first-order valence-corrected chi connectivity index (χ1v) is 7.56. The van der Waals surface area contributed by atoms with Crippen molar-refractivity contribution in [1.29, 1.82) is 0 Å². The van der Waals surface area contributed by atoms with Crippen molar-refractivity contribution in [3.63, 3.8) is 0 Å². The van der Waals surface area contributed by atoms with Crippen molar-refractivity contribution in [1.82, 2.24) is 5.32 Å². The van der Waals surface area contributed by atoms with Crippen molar-refractivity contribution < 1.29 is 4.90 Å². The zero-order valence-electron chi connectivity index (χ0n) is 11.8. The Morgan fingerprint density at radius 2 is 2.32 bits per heavy atom. The molecule has 0 aromatic heterocycles. The van der Waals surface area contributed by atoms with Crippen molar-refractivity contribution in [2.24, 2.45) is 0 Å². The molecule has 0 saturated carbocycles. The minimum absolute atomic E-state index is 0.710. The normalized spacial score (nSPS) is 22.2. The zero-order chi connectivity index (χ0) is 13.7. The van der Waals surface area contributed by atoms with Gasteiger partial charge in [0.1, 0.15) is 6.04 Å². The van der Waals surface area contributed by atoms with Crippen LogP contribution in [-0.4, -0.2) is 30.8 Å².